The molecule has 14 heavy (non-hydrogen) atoms. The standard InChI is InChI=1S/C12H18OS/c1-2-3-6-11(13)7-4-8-12-9-5-10-14-12/h2,5,9-11,13H,1,3-4,6-8H2. The zero-order valence-corrected chi connectivity index (χ0v) is 9.30. The summed E-state index contributed by atoms with van der Waals surface area (Å²) in [6.07, 6.45) is 6.58. The van der Waals surface area contributed by atoms with E-state index in [2.05, 4.69) is 24.1 Å². The Morgan fingerprint density at radius 2 is 2.36 bits per heavy atom. The first-order chi connectivity index (χ1) is 6.83. The molecular weight excluding hydrogens is 192 g/mol. The molecule has 1 atom stereocenters. The van der Waals surface area contributed by atoms with E-state index in [1.165, 1.54) is 4.88 Å². The van der Waals surface area contributed by atoms with Crippen molar-refractivity contribution in [2.75, 3.05) is 0 Å². The van der Waals surface area contributed by atoms with E-state index in [1.807, 2.05) is 6.08 Å². The maximum atomic E-state index is 9.56. The van der Waals surface area contributed by atoms with Crippen molar-refractivity contribution in [1.29, 1.82) is 0 Å². The van der Waals surface area contributed by atoms with Crippen LogP contribution in [0.1, 0.15) is 30.6 Å². The van der Waals surface area contributed by atoms with Crippen molar-refractivity contribution < 1.29 is 5.11 Å². The maximum absolute atomic E-state index is 9.56. The van der Waals surface area contributed by atoms with Crippen LogP contribution in [0.15, 0.2) is 30.2 Å². The first-order valence-corrected chi connectivity index (χ1v) is 6.02. The van der Waals surface area contributed by atoms with E-state index >= 15 is 0 Å². The molecule has 0 aromatic carbocycles. The second kappa shape index (κ2) is 6.80. The van der Waals surface area contributed by atoms with Gasteiger partial charge in [0.05, 0.1) is 6.10 Å². The van der Waals surface area contributed by atoms with Gasteiger partial charge in [-0.25, -0.2) is 0 Å². The van der Waals surface area contributed by atoms with Crippen molar-refractivity contribution in [1.82, 2.24) is 0 Å². The number of hydrogen-bond acceptors (Lipinski definition) is 2. The Hall–Kier alpha value is -0.600. The summed E-state index contributed by atoms with van der Waals surface area (Å²) < 4.78 is 0. The Bertz CT molecular complexity index is 241. The summed E-state index contributed by atoms with van der Waals surface area (Å²) in [7, 11) is 0. The van der Waals surface area contributed by atoms with Crippen molar-refractivity contribution in [3.05, 3.63) is 35.0 Å². The normalized spacial score (nSPS) is 12.6. The molecule has 0 saturated heterocycles. The summed E-state index contributed by atoms with van der Waals surface area (Å²) in [5.41, 5.74) is 0. The summed E-state index contributed by atoms with van der Waals surface area (Å²) in [6.45, 7) is 3.64. The molecule has 1 aromatic rings. The van der Waals surface area contributed by atoms with Crippen molar-refractivity contribution in [2.24, 2.45) is 0 Å². The molecular formula is C12H18OS. The molecule has 0 radical (unpaired) electrons. The highest BCUT2D eigenvalue weighted by atomic mass is 32.1. The number of aryl methyl sites for hydroxylation is 1. The molecule has 1 unspecified atom stereocenters. The largest absolute Gasteiger partial charge is 0.393 e. The molecule has 0 bridgehead atoms. The summed E-state index contributed by atoms with van der Waals surface area (Å²) in [4.78, 5) is 1.42. The summed E-state index contributed by atoms with van der Waals surface area (Å²) in [5.74, 6) is 0. The third-order valence-electron chi connectivity index (χ3n) is 2.24. The topological polar surface area (TPSA) is 20.2 Å². The van der Waals surface area contributed by atoms with Crippen molar-refractivity contribution in [3.8, 4) is 0 Å². The summed E-state index contributed by atoms with van der Waals surface area (Å²) >= 11 is 1.79. The molecule has 1 rings (SSSR count). The first kappa shape index (κ1) is 11.5. The van der Waals surface area contributed by atoms with E-state index < -0.39 is 0 Å². The van der Waals surface area contributed by atoms with E-state index in [1.54, 1.807) is 11.3 Å². The van der Waals surface area contributed by atoms with Crippen LogP contribution in [0.25, 0.3) is 0 Å². The van der Waals surface area contributed by atoms with Gasteiger partial charge in [-0.2, -0.15) is 0 Å². The molecule has 78 valence electrons. The lowest BCUT2D eigenvalue weighted by atomic mass is 10.1. The van der Waals surface area contributed by atoms with E-state index in [0.717, 1.165) is 32.1 Å². The highest BCUT2D eigenvalue weighted by molar-refractivity contribution is 7.09. The summed E-state index contributed by atoms with van der Waals surface area (Å²) in [6, 6.07) is 4.23. The highest BCUT2D eigenvalue weighted by Crippen LogP contribution is 2.14. The van der Waals surface area contributed by atoms with Crippen molar-refractivity contribution >= 4 is 11.3 Å². The fourth-order valence-corrected chi connectivity index (χ4v) is 2.17. The minimum absolute atomic E-state index is 0.145. The van der Waals surface area contributed by atoms with Gasteiger partial charge in [0, 0.05) is 4.88 Å². The number of allylic oxidation sites excluding steroid dienone is 1. The Morgan fingerprint density at radius 1 is 1.50 bits per heavy atom. The van der Waals surface area contributed by atoms with Crippen LogP contribution < -0.4 is 0 Å². The molecule has 1 nitrogen and oxygen atoms in total. The van der Waals surface area contributed by atoms with Gasteiger partial charge < -0.3 is 5.11 Å². The average molecular weight is 210 g/mol. The molecule has 2 heteroatoms. The molecule has 0 aliphatic heterocycles. The number of rotatable bonds is 7. The van der Waals surface area contributed by atoms with E-state index in [-0.39, 0.29) is 6.10 Å². The van der Waals surface area contributed by atoms with Crippen LogP contribution in [0.5, 0.6) is 0 Å². The lowest BCUT2D eigenvalue weighted by Crippen LogP contribution is -2.05. The van der Waals surface area contributed by atoms with Gasteiger partial charge in [0.2, 0.25) is 0 Å². The van der Waals surface area contributed by atoms with Crippen molar-refractivity contribution in [3.63, 3.8) is 0 Å². The van der Waals surface area contributed by atoms with E-state index in [0.29, 0.717) is 0 Å². The molecule has 1 heterocycles. The third kappa shape index (κ3) is 4.58. The van der Waals surface area contributed by atoms with Gasteiger partial charge in [0.25, 0.3) is 0 Å². The Balaban J connectivity index is 2.06. The predicted molar refractivity (Wildman–Crippen MR) is 62.7 cm³/mol. The third-order valence-corrected chi connectivity index (χ3v) is 3.18. The van der Waals surface area contributed by atoms with Gasteiger partial charge in [-0.15, -0.1) is 17.9 Å². The number of aliphatic hydroxyl groups excluding tert-OH is 1. The zero-order valence-electron chi connectivity index (χ0n) is 8.48. The fourth-order valence-electron chi connectivity index (χ4n) is 1.42. The Kier molecular flexibility index (Phi) is 5.57. The molecule has 0 aliphatic rings. The molecule has 0 saturated carbocycles. The van der Waals surface area contributed by atoms with Crippen LogP contribution in [0.4, 0.5) is 0 Å². The lowest BCUT2D eigenvalue weighted by molar-refractivity contribution is 0.153. The summed E-state index contributed by atoms with van der Waals surface area (Å²) in [5, 5.41) is 11.7. The number of aliphatic hydroxyl groups is 1. The van der Waals surface area contributed by atoms with Gasteiger partial charge in [-0.05, 0) is 43.6 Å². The number of thiophene rings is 1. The number of hydrogen-bond donors (Lipinski definition) is 1. The predicted octanol–water partition coefficient (Wildman–Crippen LogP) is 3.40. The molecule has 0 amide bonds. The quantitative estimate of drug-likeness (QED) is 0.684. The molecule has 0 spiro atoms. The highest BCUT2D eigenvalue weighted by Gasteiger charge is 2.02. The second-order valence-corrected chi connectivity index (χ2v) is 4.52. The van der Waals surface area contributed by atoms with Crippen LogP contribution in [0.2, 0.25) is 0 Å². The first-order valence-electron chi connectivity index (χ1n) is 5.14. The van der Waals surface area contributed by atoms with Gasteiger partial charge in [0.15, 0.2) is 0 Å². The molecule has 1 N–H and O–H groups in total. The van der Waals surface area contributed by atoms with Crippen LogP contribution in [0, 0.1) is 0 Å². The molecule has 1 aromatic heterocycles. The molecule has 0 fully saturated rings. The van der Waals surface area contributed by atoms with Crippen LogP contribution in [-0.4, -0.2) is 11.2 Å². The van der Waals surface area contributed by atoms with Crippen molar-refractivity contribution in [2.45, 2.75) is 38.2 Å². The maximum Gasteiger partial charge on any atom is 0.0543 e. The zero-order chi connectivity index (χ0) is 10.2. The second-order valence-electron chi connectivity index (χ2n) is 3.49. The van der Waals surface area contributed by atoms with Crippen LogP contribution >= 0.6 is 11.3 Å². The average Bonchev–Trinajstić information content (AvgIpc) is 2.67. The Morgan fingerprint density at radius 3 is 3.00 bits per heavy atom. The van der Waals surface area contributed by atoms with Gasteiger partial charge >= 0.3 is 0 Å². The minimum atomic E-state index is -0.145. The smallest absolute Gasteiger partial charge is 0.0543 e. The van der Waals surface area contributed by atoms with Gasteiger partial charge in [-0.1, -0.05) is 12.1 Å². The SMILES string of the molecule is C=CCCC(O)CCCc1cccs1. The van der Waals surface area contributed by atoms with Gasteiger partial charge in [-0.3, -0.25) is 0 Å². The van der Waals surface area contributed by atoms with E-state index in [4.69, 9.17) is 0 Å². The van der Waals surface area contributed by atoms with E-state index in [9.17, 15) is 5.11 Å². The molecule has 0 aliphatic carbocycles. The minimum Gasteiger partial charge on any atom is -0.393 e. The fraction of sp³-hybridized carbons (Fsp3) is 0.500. The Labute approximate surface area is 90.1 Å². The van der Waals surface area contributed by atoms with Crippen LogP contribution in [0.3, 0.4) is 0 Å². The van der Waals surface area contributed by atoms with Crippen LogP contribution in [-0.2, 0) is 6.42 Å². The van der Waals surface area contributed by atoms with Gasteiger partial charge in [0.1, 0.15) is 0 Å². The lowest BCUT2D eigenvalue weighted by Gasteiger charge is -2.07. The monoisotopic (exact) mass is 210 g/mol.